The molecule has 1 heterocycles. The molecule has 0 unspecified atom stereocenters. The summed E-state index contributed by atoms with van der Waals surface area (Å²) in [5.41, 5.74) is 0.574. The van der Waals surface area contributed by atoms with Gasteiger partial charge in [-0.1, -0.05) is 26.7 Å². The van der Waals surface area contributed by atoms with Crippen LogP contribution in [0, 0.1) is 11.3 Å². The van der Waals surface area contributed by atoms with Crippen LogP contribution in [0.25, 0.3) is 0 Å². The van der Waals surface area contributed by atoms with E-state index in [1.165, 1.54) is 32.2 Å². The summed E-state index contributed by atoms with van der Waals surface area (Å²) in [7, 11) is 0. The van der Waals surface area contributed by atoms with E-state index in [4.69, 9.17) is 0 Å². The lowest BCUT2D eigenvalue weighted by atomic mass is 9.72. The Labute approximate surface area is 69.6 Å². The zero-order chi connectivity index (χ0) is 7.90. The van der Waals surface area contributed by atoms with Gasteiger partial charge in [-0.2, -0.15) is 0 Å². The lowest BCUT2D eigenvalue weighted by Crippen LogP contribution is -2.31. The maximum absolute atomic E-state index is 3.65. The third-order valence-electron chi connectivity index (χ3n) is 3.59. The second-order valence-corrected chi connectivity index (χ2v) is 4.87. The van der Waals surface area contributed by atoms with Crippen LogP contribution < -0.4 is 5.32 Å². The van der Waals surface area contributed by atoms with Crippen LogP contribution >= 0.6 is 0 Å². The summed E-state index contributed by atoms with van der Waals surface area (Å²) in [4.78, 5) is 0. The first-order valence-electron chi connectivity index (χ1n) is 4.93. The van der Waals surface area contributed by atoms with Gasteiger partial charge in [0.1, 0.15) is 0 Å². The van der Waals surface area contributed by atoms with Crippen molar-refractivity contribution in [2.45, 2.75) is 45.6 Å². The molecule has 1 heteroatoms. The van der Waals surface area contributed by atoms with Crippen molar-refractivity contribution in [3.8, 4) is 0 Å². The fraction of sp³-hybridized carbons (Fsp3) is 1.00. The van der Waals surface area contributed by atoms with Gasteiger partial charge in [-0.05, 0) is 24.2 Å². The Bertz CT molecular complexity index is 151. The summed E-state index contributed by atoms with van der Waals surface area (Å²) < 4.78 is 0. The summed E-state index contributed by atoms with van der Waals surface area (Å²) >= 11 is 0. The van der Waals surface area contributed by atoms with E-state index < -0.39 is 0 Å². The molecule has 1 aliphatic heterocycles. The van der Waals surface area contributed by atoms with Gasteiger partial charge in [-0.15, -0.1) is 0 Å². The van der Waals surface area contributed by atoms with Gasteiger partial charge in [-0.3, -0.25) is 0 Å². The van der Waals surface area contributed by atoms with E-state index in [2.05, 4.69) is 19.2 Å². The number of hydrogen-bond acceptors (Lipinski definition) is 1. The van der Waals surface area contributed by atoms with E-state index in [-0.39, 0.29) is 0 Å². The SMILES string of the molecule is CC1(C)CN[C@H]2CCCC[C@H]21. The van der Waals surface area contributed by atoms with Gasteiger partial charge >= 0.3 is 0 Å². The van der Waals surface area contributed by atoms with Gasteiger partial charge in [-0.25, -0.2) is 0 Å². The van der Waals surface area contributed by atoms with Crippen LogP contribution in [0.1, 0.15) is 39.5 Å². The molecule has 2 rings (SSSR count). The van der Waals surface area contributed by atoms with E-state index in [0.29, 0.717) is 5.41 Å². The van der Waals surface area contributed by atoms with Crippen LogP contribution in [0.4, 0.5) is 0 Å². The molecular formula is C10H19N. The lowest BCUT2D eigenvalue weighted by Gasteiger charge is -2.32. The standard InChI is InChI=1S/C10H19N/c1-10(2)7-11-9-6-4-3-5-8(9)10/h8-9,11H,3-7H2,1-2H3/t8-,9+/m1/s1. The largest absolute Gasteiger partial charge is 0.313 e. The van der Waals surface area contributed by atoms with Crippen molar-refractivity contribution in [2.75, 3.05) is 6.54 Å². The summed E-state index contributed by atoms with van der Waals surface area (Å²) in [5.74, 6) is 0.969. The number of nitrogens with one attached hydrogen (secondary N) is 1. The Kier molecular flexibility index (Phi) is 1.71. The topological polar surface area (TPSA) is 12.0 Å². The summed E-state index contributed by atoms with van der Waals surface area (Å²) in [6.45, 7) is 6.06. The molecule has 0 aromatic carbocycles. The van der Waals surface area contributed by atoms with Gasteiger partial charge < -0.3 is 5.32 Å². The van der Waals surface area contributed by atoms with Crippen molar-refractivity contribution in [3.05, 3.63) is 0 Å². The third-order valence-corrected chi connectivity index (χ3v) is 3.59. The quantitative estimate of drug-likeness (QED) is 0.562. The average molecular weight is 153 g/mol. The van der Waals surface area contributed by atoms with Crippen molar-refractivity contribution in [2.24, 2.45) is 11.3 Å². The molecule has 0 amide bonds. The molecule has 1 saturated heterocycles. The normalized spacial score (nSPS) is 42.0. The van der Waals surface area contributed by atoms with Gasteiger partial charge in [0.15, 0.2) is 0 Å². The van der Waals surface area contributed by atoms with Gasteiger partial charge in [0.2, 0.25) is 0 Å². The molecule has 0 spiro atoms. The maximum atomic E-state index is 3.65. The monoisotopic (exact) mass is 153 g/mol. The van der Waals surface area contributed by atoms with Crippen LogP contribution in [0.2, 0.25) is 0 Å². The highest BCUT2D eigenvalue weighted by Gasteiger charge is 2.42. The van der Waals surface area contributed by atoms with Crippen LogP contribution in [0.15, 0.2) is 0 Å². The molecule has 1 nitrogen and oxygen atoms in total. The van der Waals surface area contributed by atoms with Crippen LogP contribution in [-0.2, 0) is 0 Å². The zero-order valence-electron chi connectivity index (χ0n) is 7.69. The second-order valence-electron chi connectivity index (χ2n) is 4.87. The lowest BCUT2D eigenvalue weighted by molar-refractivity contribution is 0.205. The molecule has 0 aromatic heterocycles. The summed E-state index contributed by atoms with van der Waals surface area (Å²) in [6.07, 6.45) is 5.80. The molecule has 1 aliphatic carbocycles. The Hall–Kier alpha value is -0.0400. The summed E-state index contributed by atoms with van der Waals surface area (Å²) in [6, 6.07) is 0.860. The summed E-state index contributed by atoms with van der Waals surface area (Å²) in [5, 5.41) is 3.65. The van der Waals surface area contributed by atoms with Crippen molar-refractivity contribution < 1.29 is 0 Å². The molecule has 1 N–H and O–H groups in total. The molecule has 11 heavy (non-hydrogen) atoms. The average Bonchev–Trinajstić information content (AvgIpc) is 2.29. The molecule has 2 atom stereocenters. The molecule has 2 fully saturated rings. The molecule has 1 saturated carbocycles. The van der Waals surface area contributed by atoms with Crippen molar-refractivity contribution in [1.29, 1.82) is 0 Å². The van der Waals surface area contributed by atoms with Crippen molar-refractivity contribution in [1.82, 2.24) is 5.32 Å². The Morgan fingerprint density at radius 2 is 1.91 bits per heavy atom. The van der Waals surface area contributed by atoms with Gasteiger partial charge in [0.05, 0.1) is 0 Å². The van der Waals surface area contributed by atoms with Crippen molar-refractivity contribution >= 4 is 0 Å². The van der Waals surface area contributed by atoms with Crippen LogP contribution in [0.3, 0.4) is 0 Å². The van der Waals surface area contributed by atoms with Crippen LogP contribution in [0.5, 0.6) is 0 Å². The van der Waals surface area contributed by atoms with E-state index in [9.17, 15) is 0 Å². The predicted octanol–water partition coefficient (Wildman–Crippen LogP) is 2.17. The van der Waals surface area contributed by atoms with Gasteiger partial charge in [0, 0.05) is 12.6 Å². The predicted molar refractivity (Wildman–Crippen MR) is 47.5 cm³/mol. The maximum Gasteiger partial charge on any atom is 0.0101 e. The fourth-order valence-electron chi connectivity index (χ4n) is 2.84. The van der Waals surface area contributed by atoms with E-state index >= 15 is 0 Å². The van der Waals surface area contributed by atoms with E-state index in [0.717, 1.165) is 12.0 Å². The Morgan fingerprint density at radius 1 is 1.18 bits per heavy atom. The highest BCUT2D eigenvalue weighted by molar-refractivity contribution is 4.97. The molecule has 0 aromatic rings. The first-order valence-corrected chi connectivity index (χ1v) is 4.93. The smallest absolute Gasteiger partial charge is 0.0101 e. The second kappa shape index (κ2) is 2.48. The van der Waals surface area contributed by atoms with Gasteiger partial charge in [0.25, 0.3) is 0 Å². The highest BCUT2D eigenvalue weighted by Crippen LogP contribution is 2.42. The minimum Gasteiger partial charge on any atom is -0.313 e. The molecule has 64 valence electrons. The molecule has 0 radical (unpaired) electrons. The molecule has 0 bridgehead atoms. The Morgan fingerprint density at radius 3 is 2.64 bits per heavy atom. The number of fused-ring (bicyclic) bond motifs is 1. The minimum atomic E-state index is 0.574. The highest BCUT2D eigenvalue weighted by atomic mass is 15.0. The van der Waals surface area contributed by atoms with Crippen LogP contribution in [-0.4, -0.2) is 12.6 Å². The Balaban J connectivity index is 2.10. The number of hydrogen-bond donors (Lipinski definition) is 1. The van der Waals surface area contributed by atoms with E-state index in [1.54, 1.807) is 0 Å². The molecule has 2 aliphatic rings. The van der Waals surface area contributed by atoms with Crippen molar-refractivity contribution in [3.63, 3.8) is 0 Å². The molecular weight excluding hydrogens is 134 g/mol. The fourth-order valence-corrected chi connectivity index (χ4v) is 2.84. The first kappa shape index (κ1) is 7.60. The number of rotatable bonds is 0. The zero-order valence-corrected chi connectivity index (χ0v) is 7.69. The first-order chi connectivity index (χ1) is 5.20. The third kappa shape index (κ3) is 1.20. The van der Waals surface area contributed by atoms with E-state index in [1.807, 2.05) is 0 Å². The minimum absolute atomic E-state index is 0.574.